The first-order valence-corrected chi connectivity index (χ1v) is 8.04. The highest BCUT2D eigenvalue weighted by molar-refractivity contribution is 5.77. The number of aromatic amines is 1. The van der Waals surface area contributed by atoms with Crippen LogP contribution >= 0.6 is 0 Å². The average molecular weight is 317 g/mol. The molecule has 1 aliphatic rings. The third-order valence-electron chi connectivity index (χ3n) is 4.39. The van der Waals surface area contributed by atoms with Crippen molar-refractivity contribution in [2.45, 2.75) is 44.8 Å². The van der Waals surface area contributed by atoms with Crippen molar-refractivity contribution < 1.29 is 9.90 Å². The minimum atomic E-state index is -0.984. The van der Waals surface area contributed by atoms with Gasteiger partial charge in [0.25, 0.3) is 0 Å². The van der Waals surface area contributed by atoms with Gasteiger partial charge in [-0.05, 0) is 38.8 Å². The van der Waals surface area contributed by atoms with Crippen LogP contribution in [0.15, 0.2) is 29.1 Å². The monoisotopic (exact) mass is 317 g/mol. The number of aromatic nitrogens is 2. The summed E-state index contributed by atoms with van der Waals surface area (Å²) in [6, 6.07) is 7.77. The number of carbonyl (C=O) groups excluding carboxylic acids is 1. The molecule has 0 atom stereocenters. The maximum atomic E-state index is 12.2. The van der Waals surface area contributed by atoms with Gasteiger partial charge in [0, 0.05) is 19.1 Å². The summed E-state index contributed by atoms with van der Waals surface area (Å²) in [5.74, 6) is -0.0257. The van der Waals surface area contributed by atoms with Crippen LogP contribution in [0.1, 0.15) is 39.2 Å². The van der Waals surface area contributed by atoms with E-state index in [-0.39, 0.29) is 24.1 Å². The number of nitrogens with zero attached hydrogens (tertiary/aromatic N) is 2. The van der Waals surface area contributed by atoms with Crippen LogP contribution in [-0.4, -0.2) is 44.2 Å². The van der Waals surface area contributed by atoms with Crippen molar-refractivity contribution in [3.8, 4) is 0 Å². The number of imidazole rings is 1. The highest BCUT2D eigenvalue weighted by atomic mass is 16.3. The molecule has 0 bridgehead atoms. The van der Waals surface area contributed by atoms with E-state index in [0.717, 1.165) is 23.9 Å². The fourth-order valence-corrected chi connectivity index (χ4v) is 3.29. The number of benzene rings is 1. The van der Waals surface area contributed by atoms with Crippen molar-refractivity contribution in [3.05, 3.63) is 34.7 Å². The number of aliphatic hydroxyl groups is 1. The number of hydrogen-bond donors (Lipinski definition) is 2. The molecule has 1 saturated heterocycles. The fourth-order valence-electron chi connectivity index (χ4n) is 3.29. The molecule has 0 spiro atoms. The van der Waals surface area contributed by atoms with Gasteiger partial charge in [-0.3, -0.25) is 9.36 Å². The first-order chi connectivity index (χ1) is 10.8. The predicted molar refractivity (Wildman–Crippen MR) is 88.3 cm³/mol. The summed E-state index contributed by atoms with van der Waals surface area (Å²) >= 11 is 0. The van der Waals surface area contributed by atoms with Crippen molar-refractivity contribution in [2.75, 3.05) is 13.1 Å². The lowest BCUT2D eigenvalue weighted by Gasteiger charge is -2.33. The number of fused-ring (bicyclic) bond motifs is 1. The molecule has 0 saturated carbocycles. The Kier molecular flexibility index (Phi) is 4.02. The molecule has 23 heavy (non-hydrogen) atoms. The molecular weight excluding hydrogens is 294 g/mol. The van der Waals surface area contributed by atoms with Gasteiger partial charge in [-0.25, -0.2) is 4.79 Å². The number of nitrogens with one attached hydrogen (secondary N) is 1. The SMILES string of the molecule is CC(C)(O)CC(=O)N1CCC(n2c(=O)[nH]c3ccccc32)CC1. The van der Waals surface area contributed by atoms with Crippen LogP contribution in [0, 0.1) is 0 Å². The molecule has 1 fully saturated rings. The van der Waals surface area contributed by atoms with Crippen LogP contribution in [0.2, 0.25) is 0 Å². The summed E-state index contributed by atoms with van der Waals surface area (Å²) in [5, 5.41) is 9.78. The Morgan fingerprint density at radius 1 is 1.30 bits per heavy atom. The molecule has 1 aromatic carbocycles. The van der Waals surface area contributed by atoms with E-state index in [1.807, 2.05) is 28.8 Å². The van der Waals surface area contributed by atoms with Gasteiger partial charge < -0.3 is 15.0 Å². The Labute approximate surface area is 134 Å². The molecule has 1 aliphatic heterocycles. The van der Waals surface area contributed by atoms with E-state index in [4.69, 9.17) is 0 Å². The largest absolute Gasteiger partial charge is 0.390 e. The molecule has 1 aromatic heterocycles. The Hall–Kier alpha value is -2.08. The molecule has 0 unspecified atom stereocenters. The van der Waals surface area contributed by atoms with E-state index in [0.29, 0.717) is 13.1 Å². The number of H-pyrrole nitrogens is 1. The van der Waals surface area contributed by atoms with E-state index in [1.54, 1.807) is 18.7 Å². The lowest BCUT2D eigenvalue weighted by atomic mass is 10.0. The summed E-state index contributed by atoms with van der Waals surface area (Å²) in [4.78, 5) is 29.1. The number of hydrogen-bond acceptors (Lipinski definition) is 3. The molecule has 6 nitrogen and oxygen atoms in total. The van der Waals surface area contributed by atoms with Gasteiger partial charge in [-0.2, -0.15) is 0 Å². The van der Waals surface area contributed by atoms with E-state index >= 15 is 0 Å². The van der Waals surface area contributed by atoms with Gasteiger partial charge in [0.1, 0.15) is 0 Å². The maximum Gasteiger partial charge on any atom is 0.326 e. The third kappa shape index (κ3) is 3.32. The smallest absolute Gasteiger partial charge is 0.326 e. The van der Waals surface area contributed by atoms with Gasteiger partial charge in [0.15, 0.2) is 0 Å². The number of amides is 1. The van der Waals surface area contributed by atoms with E-state index in [9.17, 15) is 14.7 Å². The summed E-state index contributed by atoms with van der Waals surface area (Å²) in [6.07, 6.45) is 1.63. The topological polar surface area (TPSA) is 78.3 Å². The molecule has 2 heterocycles. The highest BCUT2D eigenvalue weighted by Crippen LogP contribution is 2.25. The number of piperidine rings is 1. The maximum absolute atomic E-state index is 12.2. The second-order valence-electron chi connectivity index (χ2n) is 6.92. The second-order valence-corrected chi connectivity index (χ2v) is 6.92. The molecule has 2 aromatic rings. The number of rotatable bonds is 3. The predicted octanol–water partition coefficient (Wildman–Crippen LogP) is 1.65. The molecule has 0 radical (unpaired) electrons. The quantitative estimate of drug-likeness (QED) is 0.903. The van der Waals surface area contributed by atoms with Crippen LogP contribution in [0.3, 0.4) is 0 Å². The molecule has 6 heteroatoms. The van der Waals surface area contributed by atoms with Crippen LogP contribution in [0.5, 0.6) is 0 Å². The lowest BCUT2D eigenvalue weighted by Crippen LogP contribution is -2.42. The zero-order chi connectivity index (χ0) is 16.6. The number of para-hydroxylation sites is 2. The third-order valence-corrected chi connectivity index (χ3v) is 4.39. The fraction of sp³-hybridized carbons (Fsp3) is 0.529. The van der Waals surface area contributed by atoms with E-state index < -0.39 is 5.60 Å². The van der Waals surface area contributed by atoms with Crippen LogP contribution in [-0.2, 0) is 4.79 Å². The van der Waals surface area contributed by atoms with Gasteiger partial charge in [0.05, 0.1) is 23.1 Å². The molecule has 2 N–H and O–H groups in total. The summed E-state index contributed by atoms with van der Waals surface area (Å²) < 4.78 is 1.81. The average Bonchev–Trinajstić information content (AvgIpc) is 2.81. The van der Waals surface area contributed by atoms with Crippen molar-refractivity contribution in [3.63, 3.8) is 0 Å². The highest BCUT2D eigenvalue weighted by Gasteiger charge is 2.28. The summed E-state index contributed by atoms with van der Waals surface area (Å²) in [7, 11) is 0. The number of likely N-dealkylation sites (tertiary alicyclic amines) is 1. The lowest BCUT2D eigenvalue weighted by molar-refractivity contribution is -0.136. The molecule has 1 amide bonds. The Morgan fingerprint density at radius 3 is 2.61 bits per heavy atom. The normalized spacial score (nSPS) is 16.9. The Bertz CT molecular complexity index is 761. The molecule has 124 valence electrons. The second kappa shape index (κ2) is 5.85. The Morgan fingerprint density at radius 2 is 1.96 bits per heavy atom. The molecule has 0 aliphatic carbocycles. The molecular formula is C17H23N3O3. The number of carbonyl (C=O) groups is 1. The minimum absolute atomic E-state index is 0.0257. The van der Waals surface area contributed by atoms with Gasteiger partial charge in [-0.1, -0.05) is 12.1 Å². The van der Waals surface area contributed by atoms with Crippen molar-refractivity contribution in [2.24, 2.45) is 0 Å². The minimum Gasteiger partial charge on any atom is -0.390 e. The summed E-state index contributed by atoms with van der Waals surface area (Å²) in [5.41, 5.74) is 0.686. The first kappa shape index (κ1) is 15.8. The van der Waals surface area contributed by atoms with E-state index in [1.165, 1.54) is 0 Å². The van der Waals surface area contributed by atoms with Crippen LogP contribution in [0.4, 0.5) is 0 Å². The van der Waals surface area contributed by atoms with Gasteiger partial charge >= 0.3 is 5.69 Å². The summed E-state index contributed by atoms with van der Waals surface area (Å²) in [6.45, 7) is 4.52. The standard InChI is InChI=1S/C17H23N3O3/c1-17(2,23)11-15(21)19-9-7-12(8-10-19)20-14-6-4-3-5-13(14)18-16(20)22/h3-6,12,23H,7-11H2,1-2H3,(H,18,22). The van der Waals surface area contributed by atoms with Crippen molar-refractivity contribution in [1.29, 1.82) is 0 Å². The zero-order valence-electron chi connectivity index (χ0n) is 13.6. The van der Waals surface area contributed by atoms with Gasteiger partial charge in [-0.15, -0.1) is 0 Å². The van der Waals surface area contributed by atoms with Crippen LogP contribution in [0.25, 0.3) is 11.0 Å². The van der Waals surface area contributed by atoms with Crippen molar-refractivity contribution >= 4 is 16.9 Å². The zero-order valence-corrected chi connectivity index (χ0v) is 13.6. The van der Waals surface area contributed by atoms with E-state index in [2.05, 4.69) is 4.98 Å². The first-order valence-electron chi connectivity index (χ1n) is 8.04. The molecule has 3 rings (SSSR count). The Balaban J connectivity index is 1.73. The van der Waals surface area contributed by atoms with Crippen LogP contribution < -0.4 is 5.69 Å². The van der Waals surface area contributed by atoms with Gasteiger partial charge in [0.2, 0.25) is 5.91 Å². The van der Waals surface area contributed by atoms with Crippen molar-refractivity contribution in [1.82, 2.24) is 14.5 Å².